The lowest BCUT2D eigenvalue weighted by Gasteiger charge is -2.05. The highest BCUT2D eigenvalue weighted by molar-refractivity contribution is 5.85. The van der Waals surface area contributed by atoms with E-state index in [1.54, 1.807) is 0 Å². The molecule has 0 spiro atoms. The van der Waals surface area contributed by atoms with E-state index in [9.17, 15) is 9.59 Å². The number of carbonyl (C=O) groups is 2. The fraction of sp³-hybridized carbons (Fsp3) is 0.952. The van der Waals surface area contributed by atoms with Crippen molar-refractivity contribution in [2.75, 3.05) is 0 Å². The predicted octanol–water partition coefficient (Wildman–Crippen LogP) is 14.6. The van der Waals surface area contributed by atoms with Crippen molar-refractivity contribution < 1.29 is 14.3 Å². The molecule has 0 amide bonds. The average molecular weight is 635 g/mol. The number of rotatable bonds is 36. The van der Waals surface area contributed by atoms with Crippen LogP contribution in [0.3, 0.4) is 0 Å². The summed E-state index contributed by atoms with van der Waals surface area (Å²) >= 11 is 0. The molecule has 0 bridgehead atoms. The monoisotopic (exact) mass is 635 g/mol. The molecule has 0 heterocycles. The Bertz CT molecular complexity index is 611. The van der Waals surface area contributed by atoms with Gasteiger partial charge in [0.05, 0.1) is 0 Å². The molecule has 0 rings (SSSR count). The van der Waals surface area contributed by atoms with E-state index in [2.05, 4.69) is 27.7 Å². The molecule has 0 aromatic heterocycles. The van der Waals surface area contributed by atoms with Crippen LogP contribution in [-0.2, 0) is 14.3 Å². The Labute approximate surface area is 283 Å². The Hall–Kier alpha value is -0.860. The van der Waals surface area contributed by atoms with Gasteiger partial charge in [-0.15, -0.1) is 0 Å². The quantitative estimate of drug-likeness (QED) is 0.0391. The molecule has 0 aliphatic carbocycles. The Morgan fingerprint density at radius 1 is 0.311 bits per heavy atom. The predicted molar refractivity (Wildman–Crippen MR) is 198 cm³/mol. The molecule has 3 heteroatoms. The first-order valence-electron chi connectivity index (χ1n) is 20.6. The summed E-state index contributed by atoms with van der Waals surface area (Å²) in [5.74, 6) is 1.08. The van der Waals surface area contributed by atoms with Crippen molar-refractivity contribution in [3.8, 4) is 0 Å². The van der Waals surface area contributed by atoms with Crippen molar-refractivity contribution in [2.24, 2.45) is 11.8 Å². The van der Waals surface area contributed by atoms with Crippen molar-refractivity contribution in [1.29, 1.82) is 0 Å². The van der Waals surface area contributed by atoms with Crippen LogP contribution in [0.15, 0.2) is 0 Å². The zero-order valence-electron chi connectivity index (χ0n) is 31.4. The summed E-state index contributed by atoms with van der Waals surface area (Å²) in [6, 6.07) is 0. The van der Waals surface area contributed by atoms with Crippen LogP contribution in [0, 0.1) is 11.8 Å². The van der Waals surface area contributed by atoms with Crippen LogP contribution in [0.5, 0.6) is 0 Å². The minimum absolute atomic E-state index is 0.322. The van der Waals surface area contributed by atoms with Gasteiger partial charge in [-0.2, -0.15) is 0 Å². The second kappa shape index (κ2) is 36.0. The summed E-state index contributed by atoms with van der Waals surface area (Å²) in [7, 11) is 0. The van der Waals surface area contributed by atoms with E-state index in [0.29, 0.717) is 12.8 Å². The number of carbonyl (C=O) groups excluding carboxylic acids is 2. The molecule has 3 nitrogen and oxygen atoms in total. The second-order valence-corrected chi connectivity index (χ2v) is 15.3. The van der Waals surface area contributed by atoms with Gasteiger partial charge in [-0.05, 0) is 24.7 Å². The molecule has 0 N–H and O–H groups in total. The normalized spacial score (nSPS) is 11.6. The Morgan fingerprint density at radius 2 is 0.489 bits per heavy atom. The summed E-state index contributed by atoms with van der Waals surface area (Å²) in [6.07, 6.45) is 43.1. The highest BCUT2D eigenvalue weighted by Crippen LogP contribution is 2.17. The van der Waals surface area contributed by atoms with E-state index in [0.717, 1.165) is 37.5 Å². The van der Waals surface area contributed by atoms with Crippen LogP contribution in [0.25, 0.3) is 0 Å². The Balaban J connectivity index is 3.27. The van der Waals surface area contributed by atoms with E-state index in [1.807, 2.05) is 0 Å². The standard InChI is InChI=1S/C42H82O3/c1-39(2)35-31-27-23-19-15-11-7-5-6-8-13-17-21-25-29-33-37-41(43)45-42(44)38-34-30-26-22-18-14-10-9-12-16-20-24-28-32-36-40(3)4/h39-40H,5-38H2,1-4H3. The SMILES string of the molecule is CC(C)CCCCCCCCCCCCCCCCCCC(=O)OC(=O)CCCCCCCCCCCCCCCCC(C)C. The van der Waals surface area contributed by atoms with Crippen molar-refractivity contribution >= 4 is 11.9 Å². The zero-order chi connectivity index (χ0) is 33.1. The molecule has 0 aliphatic heterocycles. The van der Waals surface area contributed by atoms with Gasteiger partial charge in [0.25, 0.3) is 0 Å². The lowest BCUT2D eigenvalue weighted by atomic mass is 10.0. The number of hydrogen-bond donors (Lipinski definition) is 0. The smallest absolute Gasteiger partial charge is 0.313 e. The molecule has 0 radical (unpaired) electrons. The average Bonchev–Trinajstić information content (AvgIpc) is 2.99. The largest absolute Gasteiger partial charge is 0.393 e. The van der Waals surface area contributed by atoms with Crippen molar-refractivity contribution in [1.82, 2.24) is 0 Å². The number of esters is 2. The summed E-state index contributed by atoms with van der Waals surface area (Å²) in [4.78, 5) is 23.9. The number of ether oxygens (including phenoxy) is 1. The van der Waals surface area contributed by atoms with Crippen LogP contribution in [0.2, 0.25) is 0 Å². The zero-order valence-corrected chi connectivity index (χ0v) is 31.4. The fourth-order valence-electron chi connectivity index (χ4n) is 6.47. The minimum Gasteiger partial charge on any atom is -0.393 e. The maximum atomic E-state index is 12.0. The molecular formula is C42H82O3. The van der Waals surface area contributed by atoms with E-state index in [4.69, 9.17) is 4.74 Å². The van der Waals surface area contributed by atoms with Gasteiger partial charge in [-0.25, -0.2) is 0 Å². The third-order valence-corrected chi connectivity index (χ3v) is 9.55. The van der Waals surface area contributed by atoms with Gasteiger partial charge in [0.2, 0.25) is 0 Å². The van der Waals surface area contributed by atoms with Gasteiger partial charge in [-0.3, -0.25) is 9.59 Å². The second-order valence-electron chi connectivity index (χ2n) is 15.3. The van der Waals surface area contributed by atoms with E-state index in [1.165, 1.54) is 180 Å². The minimum atomic E-state index is -0.322. The third kappa shape index (κ3) is 39.2. The van der Waals surface area contributed by atoms with Crippen molar-refractivity contribution in [2.45, 2.75) is 246 Å². The molecule has 0 atom stereocenters. The van der Waals surface area contributed by atoms with Gasteiger partial charge in [0, 0.05) is 12.8 Å². The maximum absolute atomic E-state index is 12.0. The van der Waals surface area contributed by atoms with E-state index < -0.39 is 0 Å². The highest BCUT2D eigenvalue weighted by Gasteiger charge is 2.10. The number of hydrogen-bond acceptors (Lipinski definition) is 3. The van der Waals surface area contributed by atoms with Gasteiger partial charge in [0.1, 0.15) is 0 Å². The third-order valence-electron chi connectivity index (χ3n) is 9.55. The molecule has 0 unspecified atom stereocenters. The van der Waals surface area contributed by atoms with Crippen LogP contribution < -0.4 is 0 Å². The first-order valence-corrected chi connectivity index (χ1v) is 20.6. The molecule has 0 aliphatic rings. The lowest BCUT2D eigenvalue weighted by Crippen LogP contribution is -2.11. The molecule has 45 heavy (non-hydrogen) atoms. The highest BCUT2D eigenvalue weighted by atomic mass is 16.6. The van der Waals surface area contributed by atoms with Crippen LogP contribution >= 0.6 is 0 Å². The Kier molecular flexibility index (Phi) is 35.3. The van der Waals surface area contributed by atoms with Crippen LogP contribution in [0.1, 0.15) is 246 Å². The molecule has 268 valence electrons. The van der Waals surface area contributed by atoms with Crippen LogP contribution in [0.4, 0.5) is 0 Å². The van der Waals surface area contributed by atoms with E-state index in [-0.39, 0.29) is 11.9 Å². The topological polar surface area (TPSA) is 43.4 Å². The maximum Gasteiger partial charge on any atom is 0.313 e. The van der Waals surface area contributed by atoms with Crippen LogP contribution in [-0.4, -0.2) is 11.9 Å². The van der Waals surface area contributed by atoms with Crippen molar-refractivity contribution in [3.63, 3.8) is 0 Å². The summed E-state index contributed by atoms with van der Waals surface area (Å²) in [5.41, 5.74) is 0. The molecule has 0 saturated heterocycles. The van der Waals surface area contributed by atoms with Gasteiger partial charge in [-0.1, -0.05) is 220 Å². The fourth-order valence-corrected chi connectivity index (χ4v) is 6.47. The van der Waals surface area contributed by atoms with Gasteiger partial charge >= 0.3 is 11.9 Å². The summed E-state index contributed by atoms with van der Waals surface area (Å²) in [5, 5.41) is 0. The number of unbranched alkanes of at least 4 members (excludes halogenated alkanes) is 28. The van der Waals surface area contributed by atoms with Gasteiger partial charge in [0.15, 0.2) is 0 Å². The molecule has 0 aromatic carbocycles. The Morgan fingerprint density at radius 3 is 0.689 bits per heavy atom. The first kappa shape index (κ1) is 44.1. The molecule has 0 saturated carbocycles. The first-order chi connectivity index (χ1) is 21.9. The molecular weight excluding hydrogens is 552 g/mol. The van der Waals surface area contributed by atoms with Gasteiger partial charge < -0.3 is 4.74 Å². The van der Waals surface area contributed by atoms with Crippen molar-refractivity contribution in [3.05, 3.63) is 0 Å². The van der Waals surface area contributed by atoms with E-state index >= 15 is 0 Å². The summed E-state index contributed by atoms with van der Waals surface area (Å²) < 4.78 is 5.04. The lowest BCUT2D eigenvalue weighted by molar-refractivity contribution is -0.159. The molecule has 0 fully saturated rings. The molecule has 0 aromatic rings. The summed E-state index contributed by atoms with van der Waals surface area (Å²) in [6.45, 7) is 9.30.